The van der Waals surface area contributed by atoms with Gasteiger partial charge in [-0.25, -0.2) is 0 Å². The lowest BCUT2D eigenvalue weighted by Gasteiger charge is -2.26. The predicted octanol–water partition coefficient (Wildman–Crippen LogP) is 2.80. The highest BCUT2D eigenvalue weighted by Crippen LogP contribution is 2.30. The zero-order chi connectivity index (χ0) is 13.2. The van der Waals surface area contributed by atoms with Crippen molar-refractivity contribution in [3.63, 3.8) is 0 Å². The van der Waals surface area contributed by atoms with Crippen LogP contribution >= 0.6 is 0 Å². The van der Waals surface area contributed by atoms with Crippen molar-refractivity contribution in [2.75, 3.05) is 6.61 Å². The number of alkyl halides is 3. The van der Waals surface area contributed by atoms with E-state index < -0.39 is 12.5 Å². The third-order valence-electron chi connectivity index (χ3n) is 2.74. The second-order valence-corrected chi connectivity index (χ2v) is 4.15. The predicted molar refractivity (Wildman–Crippen MR) is 57.1 cm³/mol. The Morgan fingerprint density at radius 1 is 1.22 bits per heavy atom. The van der Waals surface area contributed by atoms with E-state index in [1.807, 2.05) is 0 Å². The van der Waals surface area contributed by atoms with Crippen LogP contribution in [0.2, 0.25) is 0 Å². The summed E-state index contributed by atoms with van der Waals surface area (Å²) in [6.07, 6.45) is -4.33. The first kappa shape index (κ1) is 13.2. The largest absolute Gasteiger partial charge is 0.573 e. The van der Waals surface area contributed by atoms with Gasteiger partial charge in [0.25, 0.3) is 0 Å². The summed E-state index contributed by atoms with van der Waals surface area (Å²) < 4.78 is 45.1. The smallest absolute Gasteiger partial charge is 0.406 e. The molecule has 1 heterocycles. The molecule has 1 aromatic rings. The van der Waals surface area contributed by atoms with Crippen LogP contribution < -0.4 is 4.74 Å². The molecule has 100 valence electrons. The van der Waals surface area contributed by atoms with Crippen molar-refractivity contribution in [2.24, 2.45) is 0 Å². The molecule has 2 atom stereocenters. The lowest BCUT2D eigenvalue weighted by atomic mass is 9.99. The van der Waals surface area contributed by atoms with Gasteiger partial charge in [0.05, 0.1) is 12.2 Å². The quantitative estimate of drug-likeness (QED) is 0.890. The fraction of sp³-hybridized carbons (Fsp3) is 0.500. The fourth-order valence-corrected chi connectivity index (χ4v) is 1.90. The Morgan fingerprint density at radius 3 is 2.44 bits per heavy atom. The zero-order valence-electron chi connectivity index (χ0n) is 9.48. The molecule has 3 nitrogen and oxygen atoms in total. The normalized spacial score (nSPS) is 24.9. The van der Waals surface area contributed by atoms with Crippen LogP contribution in [0.4, 0.5) is 13.2 Å². The van der Waals surface area contributed by atoms with E-state index in [-0.39, 0.29) is 11.9 Å². The monoisotopic (exact) mass is 262 g/mol. The van der Waals surface area contributed by atoms with Crippen molar-refractivity contribution < 1.29 is 27.8 Å². The van der Waals surface area contributed by atoms with Crippen LogP contribution in [-0.4, -0.2) is 24.2 Å². The van der Waals surface area contributed by atoms with Crippen LogP contribution in [0.25, 0.3) is 0 Å². The Hall–Kier alpha value is -1.27. The molecule has 1 aliphatic rings. The van der Waals surface area contributed by atoms with Gasteiger partial charge in [0.2, 0.25) is 0 Å². The molecule has 6 heteroatoms. The maximum absolute atomic E-state index is 12.0. The molecule has 0 aliphatic carbocycles. The Morgan fingerprint density at radius 2 is 1.89 bits per heavy atom. The molecule has 2 unspecified atom stereocenters. The summed E-state index contributed by atoms with van der Waals surface area (Å²) in [5.41, 5.74) is 0.739. The lowest BCUT2D eigenvalue weighted by molar-refractivity contribution is -0.274. The Balaban J connectivity index is 2.03. The summed E-state index contributed by atoms with van der Waals surface area (Å²) >= 11 is 0. The molecule has 2 rings (SSSR count). The summed E-state index contributed by atoms with van der Waals surface area (Å²) in [5, 5.41) is 9.49. The summed E-state index contributed by atoms with van der Waals surface area (Å²) in [6.45, 7) is 0.451. The molecule has 0 bridgehead atoms. The van der Waals surface area contributed by atoms with Crippen molar-refractivity contribution in [3.8, 4) is 5.75 Å². The van der Waals surface area contributed by atoms with Crippen LogP contribution in [0, 0.1) is 0 Å². The standard InChI is InChI=1S/C12H13F3O3/c13-12(14,15)18-10-3-1-8(2-4-10)11-7-9(16)5-6-17-11/h1-4,9,11,16H,5-7H2. The average Bonchev–Trinajstić information content (AvgIpc) is 2.28. The van der Waals surface area contributed by atoms with Gasteiger partial charge in [-0.1, -0.05) is 12.1 Å². The van der Waals surface area contributed by atoms with Gasteiger partial charge in [0, 0.05) is 13.0 Å². The van der Waals surface area contributed by atoms with Gasteiger partial charge in [0.15, 0.2) is 0 Å². The van der Waals surface area contributed by atoms with Gasteiger partial charge in [-0.05, 0) is 24.1 Å². The Labute approximate surface area is 102 Å². The van der Waals surface area contributed by atoms with E-state index in [4.69, 9.17) is 4.74 Å². The number of ether oxygens (including phenoxy) is 2. The number of aliphatic hydroxyl groups is 1. The van der Waals surface area contributed by atoms with E-state index in [2.05, 4.69) is 4.74 Å². The Kier molecular flexibility index (Phi) is 3.77. The van der Waals surface area contributed by atoms with E-state index >= 15 is 0 Å². The van der Waals surface area contributed by atoms with Gasteiger partial charge >= 0.3 is 6.36 Å². The van der Waals surface area contributed by atoms with Crippen molar-refractivity contribution in [2.45, 2.75) is 31.4 Å². The number of hydrogen-bond acceptors (Lipinski definition) is 3. The molecule has 0 radical (unpaired) electrons. The van der Waals surface area contributed by atoms with Crippen LogP contribution in [0.3, 0.4) is 0 Å². The first-order valence-corrected chi connectivity index (χ1v) is 5.59. The Bertz CT molecular complexity index is 389. The lowest BCUT2D eigenvalue weighted by Crippen LogP contribution is -2.23. The second-order valence-electron chi connectivity index (χ2n) is 4.15. The molecule has 18 heavy (non-hydrogen) atoms. The van der Waals surface area contributed by atoms with E-state index in [1.165, 1.54) is 24.3 Å². The highest BCUT2D eigenvalue weighted by atomic mass is 19.4. The third kappa shape index (κ3) is 3.61. The molecule has 1 saturated heterocycles. The summed E-state index contributed by atoms with van der Waals surface area (Å²) in [4.78, 5) is 0. The summed E-state index contributed by atoms with van der Waals surface area (Å²) in [7, 11) is 0. The minimum absolute atomic E-state index is 0.261. The number of aliphatic hydroxyl groups excluding tert-OH is 1. The van der Waals surface area contributed by atoms with Crippen molar-refractivity contribution >= 4 is 0 Å². The van der Waals surface area contributed by atoms with Gasteiger partial charge in [0.1, 0.15) is 5.75 Å². The molecular formula is C12H13F3O3. The first-order chi connectivity index (χ1) is 8.44. The van der Waals surface area contributed by atoms with E-state index in [1.54, 1.807) is 0 Å². The zero-order valence-corrected chi connectivity index (χ0v) is 9.48. The number of halogens is 3. The first-order valence-electron chi connectivity index (χ1n) is 5.59. The fourth-order valence-electron chi connectivity index (χ4n) is 1.90. The van der Waals surface area contributed by atoms with Gasteiger partial charge < -0.3 is 14.6 Å². The van der Waals surface area contributed by atoms with Crippen molar-refractivity contribution in [1.82, 2.24) is 0 Å². The van der Waals surface area contributed by atoms with Crippen LogP contribution in [-0.2, 0) is 4.74 Å². The second kappa shape index (κ2) is 5.16. The molecular weight excluding hydrogens is 249 g/mol. The maximum atomic E-state index is 12.0. The highest BCUT2D eigenvalue weighted by molar-refractivity contribution is 5.29. The van der Waals surface area contributed by atoms with E-state index in [0.717, 1.165) is 5.56 Å². The SMILES string of the molecule is OC1CCOC(c2ccc(OC(F)(F)F)cc2)C1. The molecule has 1 aromatic carbocycles. The van der Waals surface area contributed by atoms with Crippen molar-refractivity contribution in [3.05, 3.63) is 29.8 Å². The average molecular weight is 262 g/mol. The van der Waals surface area contributed by atoms with Crippen molar-refractivity contribution in [1.29, 1.82) is 0 Å². The van der Waals surface area contributed by atoms with Crippen LogP contribution in [0.15, 0.2) is 24.3 Å². The van der Waals surface area contributed by atoms with E-state index in [9.17, 15) is 18.3 Å². The number of rotatable bonds is 2. The highest BCUT2D eigenvalue weighted by Gasteiger charge is 2.31. The minimum atomic E-state index is -4.68. The van der Waals surface area contributed by atoms with Gasteiger partial charge in [-0.15, -0.1) is 13.2 Å². The minimum Gasteiger partial charge on any atom is -0.406 e. The molecule has 0 spiro atoms. The van der Waals surface area contributed by atoms with Crippen LogP contribution in [0.1, 0.15) is 24.5 Å². The molecule has 0 aromatic heterocycles. The van der Waals surface area contributed by atoms with Crippen LogP contribution in [0.5, 0.6) is 5.75 Å². The number of hydrogen-bond donors (Lipinski definition) is 1. The summed E-state index contributed by atoms with van der Waals surface area (Å²) in [6, 6.07) is 5.52. The molecule has 0 amide bonds. The third-order valence-corrected chi connectivity index (χ3v) is 2.74. The molecule has 1 aliphatic heterocycles. The van der Waals surface area contributed by atoms with Gasteiger partial charge in [-0.2, -0.15) is 0 Å². The molecule has 1 N–H and O–H groups in total. The van der Waals surface area contributed by atoms with Gasteiger partial charge in [-0.3, -0.25) is 0 Å². The number of benzene rings is 1. The molecule has 1 fully saturated rings. The van der Waals surface area contributed by atoms with E-state index in [0.29, 0.717) is 19.4 Å². The maximum Gasteiger partial charge on any atom is 0.573 e. The molecule has 0 saturated carbocycles. The summed E-state index contributed by atoms with van der Waals surface area (Å²) in [5.74, 6) is -0.261. The topological polar surface area (TPSA) is 38.7 Å².